The molecule has 1 fully saturated rings. The van der Waals surface area contributed by atoms with E-state index in [1.54, 1.807) is 19.2 Å². The van der Waals surface area contributed by atoms with Gasteiger partial charge in [0.25, 0.3) is 5.91 Å². The molecule has 1 saturated heterocycles. The molecule has 8 nitrogen and oxygen atoms in total. The predicted molar refractivity (Wildman–Crippen MR) is 219 cm³/mol. The third kappa shape index (κ3) is 9.35. The van der Waals surface area contributed by atoms with E-state index < -0.39 is 0 Å². The van der Waals surface area contributed by atoms with E-state index in [1.165, 1.54) is 46.5 Å². The molecular weight excluding hydrogens is 673 g/mol. The van der Waals surface area contributed by atoms with Gasteiger partial charge >= 0.3 is 0 Å². The number of hydrogen-bond donors (Lipinski definition) is 1. The van der Waals surface area contributed by atoms with Gasteiger partial charge in [-0.05, 0) is 117 Å². The number of amides is 1. The first-order valence-corrected chi connectivity index (χ1v) is 19.3. The van der Waals surface area contributed by atoms with E-state index in [9.17, 15) is 9.90 Å². The molecule has 5 aromatic rings. The minimum Gasteiger partial charge on any atom is -0.508 e. The number of carbonyl (C=O) groups is 1. The summed E-state index contributed by atoms with van der Waals surface area (Å²) in [5, 5.41) is 9.31. The van der Waals surface area contributed by atoms with E-state index >= 15 is 0 Å². The number of likely N-dealkylation sites (N-methyl/N-ethyl adjacent to an activating group) is 1. The van der Waals surface area contributed by atoms with Gasteiger partial charge in [-0.2, -0.15) is 0 Å². The Hall–Kier alpha value is -5.05. The average molecular weight is 729 g/mol. The van der Waals surface area contributed by atoms with Crippen LogP contribution in [0.5, 0.6) is 11.5 Å². The fourth-order valence-corrected chi connectivity index (χ4v) is 7.59. The summed E-state index contributed by atoms with van der Waals surface area (Å²) >= 11 is 0. The van der Waals surface area contributed by atoms with E-state index in [1.807, 2.05) is 48.3 Å². The fraction of sp³-hybridized carbons (Fsp3) is 0.370. The third-order valence-corrected chi connectivity index (χ3v) is 10.9. The highest BCUT2D eigenvalue weighted by atomic mass is 16.5. The molecule has 1 amide bonds. The van der Waals surface area contributed by atoms with E-state index in [2.05, 4.69) is 83.8 Å². The number of methoxy groups -OCH3 is 1. The number of aryl methyl sites for hydroxylation is 1. The molecule has 3 aliphatic rings. The largest absolute Gasteiger partial charge is 0.508 e. The lowest BCUT2D eigenvalue weighted by atomic mass is 9.97. The summed E-state index contributed by atoms with van der Waals surface area (Å²) in [4.78, 5) is 19.9. The maximum Gasteiger partial charge on any atom is 0.254 e. The standard InChI is InChI=1S/C25H26N2O.C16H19NO2.C5H11NO/c1-18-16-24(27-14-7-6-12-23(18)27)21-10-4-5-11-22(21)25(28)26-15-13-19-8-2-3-9-20(19)17-26;1-12-13(5-4-6-16(12)19-3)11-17(2)14-7-9-15(18)10-8-14;1-6-2-4-7-5-3-6/h2-5,8-11,16H,6-7,12-15,17H2,1H3;4-10,18H,11H2,1-3H3;2-5H2,1H3. The molecule has 0 saturated carbocycles. The zero-order valence-corrected chi connectivity index (χ0v) is 32.7. The van der Waals surface area contributed by atoms with E-state index in [4.69, 9.17) is 9.47 Å². The van der Waals surface area contributed by atoms with Gasteiger partial charge in [0.05, 0.1) is 20.3 Å². The van der Waals surface area contributed by atoms with Gasteiger partial charge in [-0.25, -0.2) is 0 Å². The van der Waals surface area contributed by atoms with Crippen LogP contribution >= 0.6 is 0 Å². The van der Waals surface area contributed by atoms with Crippen LogP contribution < -0.4 is 9.64 Å². The minimum atomic E-state index is 0.147. The normalized spacial score (nSPS) is 15.1. The predicted octanol–water partition coefficient (Wildman–Crippen LogP) is 8.29. The number of benzene rings is 4. The van der Waals surface area contributed by atoms with Crippen molar-refractivity contribution >= 4 is 11.6 Å². The topological polar surface area (TPSA) is 70.4 Å². The fourth-order valence-electron chi connectivity index (χ4n) is 7.59. The molecular formula is C46H56N4O4. The van der Waals surface area contributed by atoms with Gasteiger partial charge in [-0.1, -0.05) is 54.6 Å². The van der Waals surface area contributed by atoms with Gasteiger partial charge in [-0.3, -0.25) is 4.79 Å². The van der Waals surface area contributed by atoms with Crippen LogP contribution in [-0.4, -0.2) is 79.4 Å². The van der Waals surface area contributed by atoms with Crippen LogP contribution in [0.3, 0.4) is 0 Å². The van der Waals surface area contributed by atoms with Crippen molar-refractivity contribution in [3.8, 4) is 22.8 Å². The SMILES string of the molecule is CN1CCOCC1.COc1cccc(CN(C)c2ccc(O)cc2)c1C.Cc1cc(-c2ccccc2C(=O)N2CCc3ccccc3C2)n2c1CCCC2. The highest BCUT2D eigenvalue weighted by Crippen LogP contribution is 2.33. The molecule has 54 heavy (non-hydrogen) atoms. The Morgan fingerprint density at radius 1 is 0.833 bits per heavy atom. The van der Waals surface area contributed by atoms with Crippen molar-refractivity contribution in [2.45, 2.75) is 59.2 Å². The summed E-state index contributed by atoms with van der Waals surface area (Å²) in [6.45, 7) is 11.6. The van der Waals surface area contributed by atoms with Gasteiger partial charge in [0, 0.05) is 74.5 Å². The molecule has 8 rings (SSSR count). The second-order valence-electron chi connectivity index (χ2n) is 14.6. The monoisotopic (exact) mass is 728 g/mol. The number of aromatic nitrogens is 1. The minimum absolute atomic E-state index is 0.147. The molecule has 0 radical (unpaired) electrons. The van der Waals surface area contributed by atoms with Crippen LogP contribution in [0.25, 0.3) is 11.3 Å². The number of fused-ring (bicyclic) bond motifs is 2. The summed E-state index contributed by atoms with van der Waals surface area (Å²) in [6, 6.07) is 32.2. The Balaban J connectivity index is 0.000000164. The van der Waals surface area contributed by atoms with Gasteiger partial charge in [-0.15, -0.1) is 0 Å². The quantitative estimate of drug-likeness (QED) is 0.190. The first kappa shape index (κ1) is 38.7. The summed E-state index contributed by atoms with van der Waals surface area (Å²) < 4.78 is 12.9. The van der Waals surface area contributed by atoms with Gasteiger partial charge < -0.3 is 33.8 Å². The molecule has 0 unspecified atom stereocenters. The highest BCUT2D eigenvalue weighted by molar-refractivity contribution is 6.00. The third-order valence-electron chi connectivity index (χ3n) is 10.9. The Labute approximate surface area is 321 Å². The zero-order valence-electron chi connectivity index (χ0n) is 32.7. The van der Waals surface area contributed by atoms with Crippen LogP contribution in [-0.2, 0) is 37.2 Å². The van der Waals surface area contributed by atoms with E-state index in [0.717, 1.165) is 86.9 Å². The number of rotatable bonds is 6. The van der Waals surface area contributed by atoms with Crippen molar-refractivity contribution in [3.05, 3.63) is 136 Å². The molecule has 0 aliphatic carbocycles. The highest BCUT2D eigenvalue weighted by Gasteiger charge is 2.26. The Bertz CT molecular complexity index is 2000. The Morgan fingerprint density at radius 2 is 1.56 bits per heavy atom. The summed E-state index contributed by atoms with van der Waals surface area (Å²) in [5.41, 5.74) is 12.0. The molecule has 4 heterocycles. The molecule has 3 aliphatic heterocycles. The second-order valence-corrected chi connectivity index (χ2v) is 14.6. The van der Waals surface area contributed by atoms with Crippen molar-refractivity contribution in [3.63, 3.8) is 0 Å². The van der Waals surface area contributed by atoms with Crippen molar-refractivity contribution in [1.29, 1.82) is 0 Å². The van der Waals surface area contributed by atoms with Gasteiger partial charge in [0.1, 0.15) is 11.5 Å². The summed E-state index contributed by atoms with van der Waals surface area (Å²) in [6.07, 6.45) is 4.56. The van der Waals surface area contributed by atoms with Crippen molar-refractivity contribution in [1.82, 2.24) is 14.4 Å². The summed E-state index contributed by atoms with van der Waals surface area (Å²) in [7, 11) is 5.84. The summed E-state index contributed by atoms with van der Waals surface area (Å²) in [5.74, 6) is 1.35. The number of ether oxygens (including phenoxy) is 2. The van der Waals surface area contributed by atoms with E-state index in [0.29, 0.717) is 6.54 Å². The lowest BCUT2D eigenvalue weighted by Gasteiger charge is -2.29. The molecule has 284 valence electrons. The van der Waals surface area contributed by atoms with Crippen molar-refractivity contribution < 1.29 is 19.4 Å². The van der Waals surface area contributed by atoms with Gasteiger partial charge in [0.15, 0.2) is 0 Å². The number of phenolic OH excluding ortho intramolecular Hbond substituents is 1. The molecule has 1 aromatic heterocycles. The maximum atomic E-state index is 13.5. The number of phenols is 1. The number of nitrogens with zero attached hydrogens (tertiary/aromatic N) is 4. The maximum absolute atomic E-state index is 13.5. The first-order valence-electron chi connectivity index (χ1n) is 19.3. The number of morpholine rings is 1. The molecule has 0 spiro atoms. The second kappa shape index (κ2) is 18.3. The average Bonchev–Trinajstić information content (AvgIpc) is 3.55. The van der Waals surface area contributed by atoms with Crippen LogP contribution in [0.1, 0.15) is 56.7 Å². The number of anilines is 1. The number of carbonyl (C=O) groups excluding carboxylic acids is 1. The molecule has 0 atom stereocenters. The first-order chi connectivity index (χ1) is 26.2. The lowest BCUT2D eigenvalue weighted by molar-refractivity contribution is 0.0503. The van der Waals surface area contributed by atoms with Crippen molar-refractivity contribution in [2.24, 2.45) is 0 Å². The number of hydrogen-bond acceptors (Lipinski definition) is 6. The zero-order chi connectivity index (χ0) is 38.0. The number of aromatic hydroxyl groups is 1. The van der Waals surface area contributed by atoms with Gasteiger partial charge in [0.2, 0.25) is 0 Å². The van der Waals surface area contributed by atoms with Crippen LogP contribution in [0.4, 0.5) is 5.69 Å². The smallest absolute Gasteiger partial charge is 0.254 e. The molecule has 8 heteroatoms. The Morgan fingerprint density at radius 3 is 2.28 bits per heavy atom. The van der Waals surface area contributed by atoms with Crippen LogP contribution in [0.15, 0.2) is 97.1 Å². The molecule has 4 aromatic carbocycles. The van der Waals surface area contributed by atoms with Crippen LogP contribution in [0, 0.1) is 13.8 Å². The van der Waals surface area contributed by atoms with Crippen molar-refractivity contribution in [2.75, 3.05) is 59.0 Å². The Kier molecular flexibility index (Phi) is 13.1. The van der Waals surface area contributed by atoms with E-state index in [-0.39, 0.29) is 11.7 Å². The molecule has 0 bridgehead atoms. The lowest BCUT2D eigenvalue weighted by Crippen LogP contribution is -2.36. The molecule has 1 N–H and O–H groups in total. The van der Waals surface area contributed by atoms with Crippen LogP contribution in [0.2, 0.25) is 0 Å².